The number of hydrogen-bond donors (Lipinski definition) is 1. The minimum Gasteiger partial charge on any atom is -0.491 e. The summed E-state index contributed by atoms with van der Waals surface area (Å²) in [5.74, 6) is 0.575. The lowest BCUT2D eigenvalue weighted by Gasteiger charge is -2.33. The average molecular weight is 391 g/mol. The van der Waals surface area contributed by atoms with Gasteiger partial charge in [0.2, 0.25) is 0 Å². The van der Waals surface area contributed by atoms with Crippen molar-refractivity contribution in [3.63, 3.8) is 0 Å². The van der Waals surface area contributed by atoms with E-state index in [2.05, 4.69) is 0 Å². The lowest BCUT2D eigenvalue weighted by atomic mass is 10.2. The molecule has 0 radical (unpaired) electrons. The predicted molar refractivity (Wildman–Crippen MR) is 94.8 cm³/mol. The summed E-state index contributed by atoms with van der Waals surface area (Å²) in [5.41, 5.74) is -0.740. The number of hydrogen-bond acceptors (Lipinski definition) is 5. The van der Waals surface area contributed by atoms with Crippen molar-refractivity contribution in [1.29, 1.82) is 0 Å². The molecule has 27 heavy (non-hydrogen) atoms. The zero-order valence-electron chi connectivity index (χ0n) is 15.7. The fourth-order valence-corrected chi connectivity index (χ4v) is 2.79. The molecule has 8 heteroatoms. The first-order valence-electron chi connectivity index (χ1n) is 9.14. The van der Waals surface area contributed by atoms with Gasteiger partial charge < -0.3 is 19.3 Å². The quantitative estimate of drug-likeness (QED) is 0.702. The molecule has 0 aliphatic carbocycles. The van der Waals surface area contributed by atoms with Crippen LogP contribution in [-0.2, 0) is 15.7 Å². The van der Waals surface area contributed by atoms with Crippen LogP contribution in [0.25, 0.3) is 0 Å². The van der Waals surface area contributed by atoms with Gasteiger partial charge in [0.15, 0.2) is 0 Å². The number of halogens is 3. The average Bonchev–Trinajstić information content (AvgIpc) is 2.59. The van der Waals surface area contributed by atoms with Gasteiger partial charge >= 0.3 is 6.18 Å². The number of nitrogens with zero attached hydrogens (tertiary/aromatic N) is 1. The van der Waals surface area contributed by atoms with Gasteiger partial charge in [-0.2, -0.15) is 13.2 Å². The van der Waals surface area contributed by atoms with Gasteiger partial charge in [-0.05, 0) is 24.1 Å². The molecule has 0 bridgehead atoms. The second kappa shape index (κ2) is 10.3. The molecule has 1 aliphatic rings. The molecule has 1 N–H and O–H groups in total. The van der Waals surface area contributed by atoms with Gasteiger partial charge in [-0.15, -0.1) is 0 Å². The summed E-state index contributed by atoms with van der Waals surface area (Å²) in [4.78, 5) is 2.05. The smallest absolute Gasteiger partial charge is 0.416 e. The molecule has 0 spiro atoms. The van der Waals surface area contributed by atoms with Crippen LogP contribution in [0.2, 0.25) is 0 Å². The number of ether oxygens (including phenoxy) is 3. The van der Waals surface area contributed by atoms with Crippen LogP contribution in [-0.4, -0.2) is 68.3 Å². The summed E-state index contributed by atoms with van der Waals surface area (Å²) < 4.78 is 54.8. The van der Waals surface area contributed by atoms with Crippen molar-refractivity contribution in [3.05, 3.63) is 29.8 Å². The molecule has 154 valence electrons. The molecule has 1 aliphatic heterocycles. The molecular formula is C19H28F3NO4. The van der Waals surface area contributed by atoms with Crippen molar-refractivity contribution >= 4 is 0 Å². The van der Waals surface area contributed by atoms with E-state index >= 15 is 0 Å². The highest BCUT2D eigenvalue weighted by atomic mass is 19.4. The molecule has 1 heterocycles. The second-order valence-electron chi connectivity index (χ2n) is 7.17. The summed E-state index contributed by atoms with van der Waals surface area (Å²) in [5, 5.41) is 10.1. The summed E-state index contributed by atoms with van der Waals surface area (Å²) in [6.45, 7) is 7.29. The SMILES string of the molecule is CC(C)COCC(O)CN1CCOC(COc2cccc(C(F)(F)F)c2)C1. The van der Waals surface area contributed by atoms with Crippen molar-refractivity contribution in [1.82, 2.24) is 4.90 Å². The fraction of sp³-hybridized carbons (Fsp3) is 0.684. The van der Waals surface area contributed by atoms with Crippen LogP contribution in [0.5, 0.6) is 5.75 Å². The maximum atomic E-state index is 12.7. The third-order valence-electron chi connectivity index (χ3n) is 4.05. The third kappa shape index (κ3) is 8.04. The van der Waals surface area contributed by atoms with E-state index in [1.165, 1.54) is 12.1 Å². The number of morpholine rings is 1. The first-order chi connectivity index (χ1) is 12.7. The number of rotatable bonds is 9. The minimum atomic E-state index is -4.40. The number of aliphatic hydroxyl groups excluding tert-OH is 1. The Labute approximate surface area is 158 Å². The van der Waals surface area contributed by atoms with Gasteiger partial charge in [-0.3, -0.25) is 4.90 Å². The van der Waals surface area contributed by atoms with Crippen LogP contribution in [0.3, 0.4) is 0 Å². The summed E-state index contributed by atoms with van der Waals surface area (Å²) >= 11 is 0. The molecule has 1 aromatic rings. The van der Waals surface area contributed by atoms with Crippen LogP contribution in [0.15, 0.2) is 24.3 Å². The zero-order valence-corrected chi connectivity index (χ0v) is 15.7. The van der Waals surface area contributed by atoms with Crippen molar-refractivity contribution < 1.29 is 32.5 Å². The van der Waals surface area contributed by atoms with Crippen LogP contribution in [0.4, 0.5) is 13.2 Å². The van der Waals surface area contributed by atoms with Gasteiger partial charge in [-0.1, -0.05) is 19.9 Å². The first-order valence-corrected chi connectivity index (χ1v) is 9.14. The Morgan fingerprint density at radius 1 is 1.30 bits per heavy atom. The Balaban J connectivity index is 1.76. The number of β-amino-alcohol motifs (C(OH)–C–C–N with tert-alkyl or cyclic N) is 1. The number of alkyl halides is 3. The Hall–Kier alpha value is -1.35. The molecule has 1 aromatic carbocycles. The predicted octanol–water partition coefficient (Wildman–Crippen LogP) is 2.82. The van der Waals surface area contributed by atoms with Gasteiger partial charge in [0.1, 0.15) is 18.5 Å². The molecule has 0 saturated carbocycles. The van der Waals surface area contributed by atoms with Crippen LogP contribution >= 0.6 is 0 Å². The molecule has 5 nitrogen and oxygen atoms in total. The molecule has 2 rings (SSSR count). The second-order valence-corrected chi connectivity index (χ2v) is 7.17. The first kappa shape index (κ1) is 21.9. The normalized spacial score (nSPS) is 20.0. The lowest BCUT2D eigenvalue weighted by molar-refractivity contribution is -0.137. The van der Waals surface area contributed by atoms with E-state index in [1.54, 1.807) is 0 Å². The zero-order chi connectivity index (χ0) is 19.9. The standard InChI is InChI=1S/C19H28F3NO4/c1-14(2)11-25-12-16(24)9-23-6-7-26-18(10-23)13-27-17-5-3-4-15(8-17)19(20,21)22/h3-5,8,14,16,18,24H,6-7,9-13H2,1-2H3. The maximum Gasteiger partial charge on any atom is 0.416 e. The van der Waals surface area contributed by atoms with Gasteiger partial charge in [0.25, 0.3) is 0 Å². The molecule has 2 atom stereocenters. The van der Waals surface area contributed by atoms with E-state index < -0.39 is 17.8 Å². The van der Waals surface area contributed by atoms with Crippen LogP contribution < -0.4 is 4.74 Å². The van der Waals surface area contributed by atoms with Crippen molar-refractivity contribution in [2.45, 2.75) is 32.2 Å². The summed E-state index contributed by atoms with van der Waals surface area (Å²) in [6, 6.07) is 4.80. The van der Waals surface area contributed by atoms with Gasteiger partial charge in [0.05, 0.1) is 24.9 Å². The topological polar surface area (TPSA) is 51.2 Å². The lowest BCUT2D eigenvalue weighted by Crippen LogP contribution is -2.48. The molecule has 1 fully saturated rings. The van der Waals surface area contributed by atoms with E-state index in [0.29, 0.717) is 38.8 Å². The fourth-order valence-electron chi connectivity index (χ4n) is 2.79. The van der Waals surface area contributed by atoms with E-state index in [0.717, 1.165) is 12.1 Å². The highest BCUT2D eigenvalue weighted by molar-refractivity contribution is 5.30. The summed E-state index contributed by atoms with van der Waals surface area (Å²) in [6.07, 6.45) is -5.25. The highest BCUT2D eigenvalue weighted by Gasteiger charge is 2.30. The van der Waals surface area contributed by atoms with E-state index in [-0.39, 0.29) is 25.1 Å². The Morgan fingerprint density at radius 3 is 2.78 bits per heavy atom. The highest BCUT2D eigenvalue weighted by Crippen LogP contribution is 2.31. The Bertz CT molecular complexity index is 568. The maximum absolute atomic E-state index is 12.7. The Kier molecular flexibility index (Phi) is 8.34. The van der Waals surface area contributed by atoms with Crippen LogP contribution in [0, 0.1) is 5.92 Å². The molecular weight excluding hydrogens is 363 g/mol. The van der Waals surface area contributed by atoms with Gasteiger partial charge in [0, 0.05) is 26.2 Å². The Morgan fingerprint density at radius 2 is 2.07 bits per heavy atom. The number of benzene rings is 1. The van der Waals surface area contributed by atoms with Crippen molar-refractivity contribution in [2.24, 2.45) is 5.92 Å². The van der Waals surface area contributed by atoms with Gasteiger partial charge in [-0.25, -0.2) is 0 Å². The van der Waals surface area contributed by atoms with E-state index in [9.17, 15) is 18.3 Å². The van der Waals surface area contributed by atoms with Crippen molar-refractivity contribution in [3.8, 4) is 5.75 Å². The monoisotopic (exact) mass is 391 g/mol. The van der Waals surface area contributed by atoms with E-state index in [4.69, 9.17) is 14.2 Å². The van der Waals surface area contributed by atoms with Crippen molar-refractivity contribution in [2.75, 3.05) is 46.1 Å². The molecule has 0 amide bonds. The largest absolute Gasteiger partial charge is 0.491 e. The third-order valence-corrected chi connectivity index (χ3v) is 4.05. The molecule has 1 saturated heterocycles. The molecule has 2 unspecified atom stereocenters. The summed E-state index contributed by atoms with van der Waals surface area (Å²) in [7, 11) is 0. The minimum absolute atomic E-state index is 0.151. The van der Waals surface area contributed by atoms with Crippen LogP contribution in [0.1, 0.15) is 19.4 Å². The molecule has 0 aromatic heterocycles. The van der Waals surface area contributed by atoms with E-state index in [1.807, 2.05) is 18.7 Å². The number of aliphatic hydroxyl groups is 1.